The molecule has 0 aliphatic rings. The number of benzene rings is 2. The van der Waals surface area contributed by atoms with Gasteiger partial charge in [-0.25, -0.2) is 4.98 Å². The van der Waals surface area contributed by atoms with Crippen molar-refractivity contribution in [3.63, 3.8) is 0 Å². The molecule has 0 saturated carbocycles. The highest BCUT2D eigenvalue weighted by atomic mass is 32.1. The van der Waals surface area contributed by atoms with E-state index in [1.165, 1.54) is 16.9 Å². The first-order valence-electron chi connectivity index (χ1n) is 9.53. The zero-order chi connectivity index (χ0) is 20.9. The molecule has 0 spiro atoms. The average Bonchev–Trinajstić information content (AvgIpc) is 3.44. The molecule has 0 bridgehead atoms. The molecule has 0 unspecified atom stereocenters. The van der Waals surface area contributed by atoms with Gasteiger partial charge in [-0.1, -0.05) is 30.3 Å². The summed E-state index contributed by atoms with van der Waals surface area (Å²) in [5.41, 5.74) is 3.58. The predicted octanol–water partition coefficient (Wildman–Crippen LogP) is 4.34. The van der Waals surface area contributed by atoms with Gasteiger partial charge < -0.3 is 9.64 Å². The lowest BCUT2D eigenvalue weighted by atomic mass is 10.2. The molecule has 1 amide bonds. The van der Waals surface area contributed by atoms with Crippen LogP contribution in [-0.2, 0) is 13.1 Å². The zero-order valence-corrected chi connectivity index (χ0v) is 17.7. The minimum Gasteiger partial charge on any atom is -0.497 e. The lowest BCUT2D eigenvalue weighted by Crippen LogP contribution is -2.26. The second-order valence-electron chi connectivity index (χ2n) is 6.96. The van der Waals surface area contributed by atoms with Crippen molar-refractivity contribution < 1.29 is 9.53 Å². The lowest BCUT2D eigenvalue weighted by molar-refractivity contribution is 0.0780. The highest BCUT2D eigenvalue weighted by Crippen LogP contribution is 2.26. The van der Waals surface area contributed by atoms with Gasteiger partial charge in [0.15, 0.2) is 0 Å². The van der Waals surface area contributed by atoms with Crippen LogP contribution in [0, 0.1) is 0 Å². The van der Waals surface area contributed by atoms with Crippen LogP contribution in [0.1, 0.15) is 21.6 Å². The summed E-state index contributed by atoms with van der Waals surface area (Å²) < 4.78 is 7.07. The smallest absolute Gasteiger partial charge is 0.273 e. The van der Waals surface area contributed by atoms with E-state index in [0.29, 0.717) is 18.8 Å². The minimum absolute atomic E-state index is 0.109. The highest BCUT2D eigenvalue weighted by molar-refractivity contribution is 7.13. The highest BCUT2D eigenvalue weighted by Gasteiger charge is 2.17. The van der Waals surface area contributed by atoms with E-state index < -0.39 is 0 Å². The Labute approximate surface area is 179 Å². The molecule has 0 saturated heterocycles. The molecule has 0 N–H and O–H groups in total. The summed E-state index contributed by atoms with van der Waals surface area (Å²) in [4.78, 5) is 19.0. The maximum absolute atomic E-state index is 12.8. The minimum atomic E-state index is -0.109. The molecule has 2 heterocycles. The van der Waals surface area contributed by atoms with Crippen LogP contribution < -0.4 is 4.74 Å². The monoisotopic (exact) mass is 418 g/mol. The van der Waals surface area contributed by atoms with E-state index in [1.807, 2.05) is 53.3 Å². The van der Waals surface area contributed by atoms with Crippen molar-refractivity contribution >= 4 is 17.2 Å². The SMILES string of the molecule is COc1ccc(-c2nc(C(=O)N(C)Cc3cnn(Cc4ccccc4)c3)cs2)cc1. The second-order valence-corrected chi connectivity index (χ2v) is 7.82. The Bertz CT molecular complexity index is 1120. The van der Waals surface area contributed by atoms with Gasteiger partial charge in [-0.15, -0.1) is 11.3 Å². The number of carbonyl (C=O) groups excluding carboxylic acids is 1. The summed E-state index contributed by atoms with van der Waals surface area (Å²) in [7, 11) is 3.42. The van der Waals surface area contributed by atoms with Crippen LogP contribution in [0.25, 0.3) is 10.6 Å². The summed E-state index contributed by atoms with van der Waals surface area (Å²) in [6.07, 6.45) is 3.77. The van der Waals surface area contributed by atoms with E-state index in [0.717, 1.165) is 21.9 Å². The van der Waals surface area contributed by atoms with Crippen molar-refractivity contribution in [2.75, 3.05) is 14.2 Å². The van der Waals surface area contributed by atoms with Gasteiger partial charge in [0.2, 0.25) is 0 Å². The molecular weight excluding hydrogens is 396 g/mol. The van der Waals surface area contributed by atoms with E-state index in [4.69, 9.17) is 4.74 Å². The number of hydrogen-bond acceptors (Lipinski definition) is 5. The number of rotatable bonds is 7. The molecule has 0 aliphatic heterocycles. The normalized spacial score (nSPS) is 10.7. The summed E-state index contributed by atoms with van der Waals surface area (Å²) in [6, 6.07) is 17.8. The van der Waals surface area contributed by atoms with Crippen molar-refractivity contribution in [3.8, 4) is 16.3 Å². The van der Waals surface area contributed by atoms with Crippen molar-refractivity contribution in [1.82, 2.24) is 19.7 Å². The molecule has 2 aromatic carbocycles. The van der Waals surface area contributed by atoms with Crippen LogP contribution in [0.5, 0.6) is 5.75 Å². The van der Waals surface area contributed by atoms with Gasteiger partial charge in [-0.3, -0.25) is 9.48 Å². The topological polar surface area (TPSA) is 60.2 Å². The molecule has 4 rings (SSSR count). The summed E-state index contributed by atoms with van der Waals surface area (Å²) in [5, 5.41) is 7.02. The van der Waals surface area contributed by atoms with Crippen LogP contribution in [0.3, 0.4) is 0 Å². The molecule has 152 valence electrons. The molecule has 0 radical (unpaired) electrons. The predicted molar refractivity (Wildman–Crippen MR) is 118 cm³/mol. The number of thiazole rings is 1. The van der Waals surface area contributed by atoms with Gasteiger partial charge in [-0.2, -0.15) is 5.10 Å². The van der Waals surface area contributed by atoms with E-state index in [1.54, 1.807) is 30.6 Å². The third kappa shape index (κ3) is 4.58. The maximum atomic E-state index is 12.8. The fourth-order valence-electron chi connectivity index (χ4n) is 3.12. The molecule has 4 aromatic rings. The maximum Gasteiger partial charge on any atom is 0.273 e. The first kappa shape index (κ1) is 19.8. The number of methoxy groups -OCH3 is 1. The fraction of sp³-hybridized carbons (Fsp3) is 0.174. The Morgan fingerprint density at radius 3 is 2.60 bits per heavy atom. The average molecular weight is 419 g/mol. The van der Waals surface area contributed by atoms with E-state index in [9.17, 15) is 4.79 Å². The summed E-state index contributed by atoms with van der Waals surface area (Å²) in [5.74, 6) is 0.681. The molecule has 2 aromatic heterocycles. The van der Waals surface area contributed by atoms with Crippen LogP contribution in [0.15, 0.2) is 72.4 Å². The van der Waals surface area contributed by atoms with Crippen molar-refractivity contribution in [1.29, 1.82) is 0 Å². The van der Waals surface area contributed by atoms with Crippen LogP contribution >= 0.6 is 11.3 Å². The Hall–Kier alpha value is -3.45. The fourth-order valence-corrected chi connectivity index (χ4v) is 3.92. The summed E-state index contributed by atoms with van der Waals surface area (Å²) in [6.45, 7) is 1.18. The van der Waals surface area contributed by atoms with Gasteiger partial charge in [0, 0.05) is 36.3 Å². The van der Waals surface area contributed by atoms with Gasteiger partial charge in [0.05, 0.1) is 19.9 Å². The first-order valence-corrected chi connectivity index (χ1v) is 10.4. The third-order valence-electron chi connectivity index (χ3n) is 4.70. The number of carbonyl (C=O) groups is 1. The van der Waals surface area contributed by atoms with E-state index >= 15 is 0 Å². The number of amides is 1. The van der Waals surface area contributed by atoms with Gasteiger partial charge in [0.25, 0.3) is 5.91 Å². The third-order valence-corrected chi connectivity index (χ3v) is 5.59. The summed E-state index contributed by atoms with van der Waals surface area (Å²) >= 11 is 1.46. The molecule has 30 heavy (non-hydrogen) atoms. The van der Waals surface area contributed by atoms with Crippen molar-refractivity contribution in [3.05, 3.63) is 89.2 Å². The Balaban J connectivity index is 1.40. The first-order chi connectivity index (χ1) is 14.6. The van der Waals surface area contributed by atoms with E-state index in [-0.39, 0.29) is 5.91 Å². The van der Waals surface area contributed by atoms with Crippen LogP contribution in [0.4, 0.5) is 0 Å². The van der Waals surface area contributed by atoms with Crippen molar-refractivity contribution in [2.24, 2.45) is 0 Å². The van der Waals surface area contributed by atoms with Gasteiger partial charge in [-0.05, 0) is 29.8 Å². The molecule has 0 fully saturated rings. The molecular formula is C23H22N4O2S. The number of hydrogen-bond donors (Lipinski definition) is 0. The van der Waals surface area contributed by atoms with Crippen LogP contribution in [-0.4, -0.2) is 39.7 Å². The number of nitrogens with zero attached hydrogens (tertiary/aromatic N) is 4. The van der Waals surface area contributed by atoms with E-state index in [2.05, 4.69) is 22.2 Å². The van der Waals surface area contributed by atoms with Gasteiger partial charge in [0.1, 0.15) is 16.5 Å². The Morgan fingerprint density at radius 1 is 1.10 bits per heavy atom. The Kier molecular flexibility index (Phi) is 5.90. The standard InChI is InChI=1S/C23H22N4O2S/c1-26(13-18-12-24-27(15-18)14-17-6-4-3-5-7-17)23(28)21-16-30-22(25-21)19-8-10-20(29-2)11-9-19/h3-12,15-16H,13-14H2,1-2H3. The lowest BCUT2D eigenvalue weighted by Gasteiger charge is -2.14. The van der Waals surface area contributed by atoms with Crippen LogP contribution in [0.2, 0.25) is 0 Å². The van der Waals surface area contributed by atoms with Crippen molar-refractivity contribution in [2.45, 2.75) is 13.1 Å². The number of ether oxygens (including phenoxy) is 1. The largest absolute Gasteiger partial charge is 0.497 e. The molecule has 7 heteroatoms. The van der Waals surface area contributed by atoms with Gasteiger partial charge >= 0.3 is 0 Å². The second kappa shape index (κ2) is 8.92. The quantitative estimate of drug-likeness (QED) is 0.448. The zero-order valence-electron chi connectivity index (χ0n) is 16.9. The molecule has 6 nitrogen and oxygen atoms in total. The number of aromatic nitrogens is 3. The molecule has 0 atom stereocenters. The Morgan fingerprint density at radius 2 is 1.87 bits per heavy atom. The molecule has 0 aliphatic carbocycles.